The molecule has 1 aromatic rings. The number of aliphatic hydroxyl groups is 1. The summed E-state index contributed by atoms with van der Waals surface area (Å²) in [6, 6.07) is 6.31. The fraction of sp³-hybridized carbons (Fsp3) is 0.529. The molecular weight excluding hydrogens is 296 g/mol. The van der Waals surface area contributed by atoms with Gasteiger partial charge in [0.05, 0.1) is 12.2 Å². The van der Waals surface area contributed by atoms with Crippen LogP contribution in [0.3, 0.4) is 0 Å². The third-order valence-corrected chi connectivity index (χ3v) is 4.49. The standard InChI is InChI=1S/C17H24N2O4/c1-2-7-17(12-20)8-9-19(11-17)16(23)18-10-13-3-5-14(6-4-13)15(21)22/h3-6,20H,2,7-12H2,1H3,(H,18,23)(H,21,22). The van der Waals surface area contributed by atoms with E-state index >= 15 is 0 Å². The van der Waals surface area contributed by atoms with Crippen molar-refractivity contribution in [3.8, 4) is 0 Å². The Kier molecular flexibility index (Phi) is 5.60. The minimum Gasteiger partial charge on any atom is -0.478 e. The summed E-state index contributed by atoms with van der Waals surface area (Å²) in [5.74, 6) is -0.964. The van der Waals surface area contributed by atoms with Crippen LogP contribution in [0.2, 0.25) is 0 Å². The molecule has 1 heterocycles. The van der Waals surface area contributed by atoms with E-state index in [1.807, 2.05) is 0 Å². The van der Waals surface area contributed by atoms with Gasteiger partial charge in [-0.25, -0.2) is 9.59 Å². The molecule has 0 saturated carbocycles. The van der Waals surface area contributed by atoms with E-state index in [1.54, 1.807) is 17.0 Å². The van der Waals surface area contributed by atoms with Crippen molar-refractivity contribution in [1.29, 1.82) is 0 Å². The average Bonchev–Trinajstić information content (AvgIpc) is 2.98. The highest BCUT2D eigenvalue weighted by Gasteiger charge is 2.38. The molecule has 0 bridgehead atoms. The molecule has 1 fully saturated rings. The van der Waals surface area contributed by atoms with Gasteiger partial charge in [-0.2, -0.15) is 0 Å². The number of nitrogens with zero attached hydrogens (tertiary/aromatic N) is 1. The topological polar surface area (TPSA) is 89.9 Å². The molecule has 0 aromatic heterocycles. The first-order valence-electron chi connectivity index (χ1n) is 7.95. The number of hydrogen-bond acceptors (Lipinski definition) is 3. The second-order valence-corrected chi connectivity index (χ2v) is 6.24. The molecule has 6 nitrogen and oxygen atoms in total. The molecule has 23 heavy (non-hydrogen) atoms. The van der Waals surface area contributed by atoms with Crippen molar-refractivity contribution >= 4 is 12.0 Å². The van der Waals surface area contributed by atoms with Crippen LogP contribution in [0.1, 0.15) is 42.1 Å². The summed E-state index contributed by atoms with van der Waals surface area (Å²) in [4.78, 5) is 24.8. The Morgan fingerprint density at radius 3 is 2.57 bits per heavy atom. The third kappa shape index (κ3) is 4.22. The van der Waals surface area contributed by atoms with Gasteiger partial charge >= 0.3 is 12.0 Å². The van der Waals surface area contributed by atoms with Gasteiger partial charge in [-0.15, -0.1) is 0 Å². The summed E-state index contributed by atoms with van der Waals surface area (Å²) in [7, 11) is 0. The molecule has 1 unspecified atom stereocenters. The van der Waals surface area contributed by atoms with Gasteiger partial charge in [0.15, 0.2) is 0 Å². The number of likely N-dealkylation sites (tertiary alicyclic amines) is 1. The molecule has 0 radical (unpaired) electrons. The van der Waals surface area contributed by atoms with Crippen LogP contribution >= 0.6 is 0 Å². The lowest BCUT2D eigenvalue weighted by atomic mass is 9.83. The van der Waals surface area contributed by atoms with Crippen molar-refractivity contribution in [3.63, 3.8) is 0 Å². The van der Waals surface area contributed by atoms with Crippen LogP contribution in [0.25, 0.3) is 0 Å². The smallest absolute Gasteiger partial charge is 0.335 e. The van der Waals surface area contributed by atoms with Gasteiger partial charge in [0.2, 0.25) is 0 Å². The number of nitrogens with one attached hydrogen (secondary N) is 1. The van der Waals surface area contributed by atoms with Gasteiger partial charge in [-0.1, -0.05) is 25.5 Å². The fourth-order valence-corrected chi connectivity index (χ4v) is 3.11. The number of amides is 2. The first kappa shape index (κ1) is 17.3. The number of carbonyl (C=O) groups is 2. The lowest BCUT2D eigenvalue weighted by molar-refractivity contribution is 0.0697. The van der Waals surface area contributed by atoms with Gasteiger partial charge in [0.1, 0.15) is 0 Å². The van der Waals surface area contributed by atoms with E-state index in [2.05, 4.69) is 12.2 Å². The SMILES string of the molecule is CCCC1(CO)CCN(C(=O)NCc2ccc(C(=O)O)cc2)C1. The van der Waals surface area contributed by atoms with Crippen molar-refractivity contribution in [2.24, 2.45) is 5.41 Å². The lowest BCUT2D eigenvalue weighted by Gasteiger charge is -2.26. The summed E-state index contributed by atoms with van der Waals surface area (Å²) in [6.45, 7) is 3.79. The Hall–Kier alpha value is -2.08. The molecule has 1 aromatic carbocycles. The predicted octanol–water partition coefficient (Wildman–Crippen LogP) is 2.08. The van der Waals surface area contributed by atoms with E-state index in [0.717, 1.165) is 24.8 Å². The molecule has 0 aliphatic carbocycles. The number of aromatic carboxylic acids is 1. The zero-order valence-electron chi connectivity index (χ0n) is 13.4. The molecule has 0 spiro atoms. The van der Waals surface area contributed by atoms with E-state index in [0.29, 0.717) is 19.6 Å². The molecule has 1 atom stereocenters. The van der Waals surface area contributed by atoms with Gasteiger partial charge in [-0.05, 0) is 30.5 Å². The molecular formula is C17H24N2O4. The molecule has 1 aliphatic heterocycles. The van der Waals surface area contributed by atoms with Gasteiger partial charge in [0.25, 0.3) is 0 Å². The minimum atomic E-state index is -0.964. The van der Waals surface area contributed by atoms with E-state index in [4.69, 9.17) is 5.11 Å². The van der Waals surface area contributed by atoms with E-state index in [-0.39, 0.29) is 23.6 Å². The highest BCUT2D eigenvalue weighted by atomic mass is 16.4. The largest absolute Gasteiger partial charge is 0.478 e. The van der Waals surface area contributed by atoms with Crippen LogP contribution in [0.15, 0.2) is 24.3 Å². The number of aliphatic hydroxyl groups excluding tert-OH is 1. The molecule has 1 saturated heterocycles. The highest BCUT2D eigenvalue weighted by Crippen LogP contribution is 2.34. The van der Waals surface area contributed by atoms with E-state index in [9.17, 15) is 14.7 Å². The Bertz CT molecular complexity index is 558. The maximum atomic E-state index is 12.2. The van der Waals surface area contributed by atoms with Crippen LogP contribution in [0.5, 0.6) is 0 Å². The van der Waals surface area contributed by atoms with E-state index in [1.165, 1.54) is 12.1 Å². The van der Waals surface area contributed by atoms with E-state index < -0.39 is 5.97 Å². The van der Waals surface area contributed by atoms with Crippen LogP contribution in [0.4, 0.5) is 4.79 Å². The zero-order valence-corrected chi connectivity index (χ0v) is 13.4. The Balaban J connectivity index is 1.87. The Labute approximate surface area is 136 Å². The summed E-state index contributed by atoms with van der Waals surface area (Å²) < 4.78 is 0. The van der Waals surface area contributed by atoms with Crippen LogP contribution in [0, 0.1) is 5.41 Å². The van der Waals surface area contributed by atoms with Crippen molar-refractivity contribution in [2.45, 2.75) is 32.7 Å². The lowest BCUT2D eigenvalue weighted by Crippen LogP contribution is -2.40. The maximum Gasteiger partial charge on any atom is 0.335 e. The molecule has 3 N–H and O–H groups in total. The predicted molar refractivity (Wildman–Crippen MR) is 86.3 cm³/mol. The summed E-state index contributed by atoms with van der Waals surface area (Å²) in [5.41, 5.74) is 0.923. The number of carboxylic acids is 1. The van der Waals surface area contributed by atoms with Gasteiger partial charge < -0.3 is 20.4 Å². The quantitative estimate of drug-likeness (QED) is 0.748. The summed E-state index contributed by atoms with van der Waals surface area (Å²) in [5, 5.41) is 21.3. The first-order chi connectivity index (χ1) is 11.0. The average molecular weight is 320 g/mol. The number of carbonyl (C=O) groups excluding carboxylic acids is 1. The number of hydrogen-bond donors (Lipinski definition) is 3. The third-order valence-electron chi connectivity index (χ3n) is 4.49. The van der Waals surface area contributed by atoms with Crippen molar-refractivity contribution in [1.82, 2.24) is 10.2 Å². The van der Waals surface area contributed by atoms with Crippen LogP contribution in [-0.2, 0) is 6.54 Å². The molecule has 2 amide bonds. The second kappa shape index (κ2) is 7.46. The minimum absolute atomic E-state index is 0.112. The first-order valence-corrected chi connectivity index (χ1v) is 7.95. The van der Waals surface area contributed by atoms with Crippen molar-refractivity contribution in [2.75, 3.05) is 19.7 Å². The Morgan fingerprint density at radius 1 is 1.30 bits per heavy atom. The number of benzene rings is 1. The monoisotopic (exact) mass is 320 g/mol. The summed E-state index contributed by atoms with van der Waals surface area (Å²) >= 11 is 0. The Morgan fingerprint density at radius 2 is 2.00 bits per heavy atom. The van der Waals surface area contributed by atoms with Gasteiger partial charge in [-0.3, -0.25) is 0 Å². The summed E-state index contributed by atoms with van der Waals surface area (Å²) in [6.07, 6.45) is 2.74. The fourth-order valence-electron chi connectivity index (χ4n) is 3.11. The normalized spacial score (nSPS) is 20.5. The zero-order chi connectivity index (χ0) is 16.9. The number of carboxylic acid groups (broad SMARTS) is 1. The highest BCUT2D eigenvalue weighted by molar-refractivity contribution is 5.87. The molecule has 1 aliphatic rings. The molecule has 6 heteroatoms. The van der Waals surface area contributed by atoms with Crippen molar-refractivity contribution in [3.05, 3.63) is 35.4 Å². The maximum absolute atomic E-state index is 12.2. The molecule has 126 valence electrons. The molecule has 2 rings (SSSR count). The second-order valence-electron chi connectivity index (χ2n) is 6.24. The number of rotatable bonds is 6. The van der Waals surface area contributed by atoms with Crippen molar-refractivity contribution < 1.29 is 19.8 Å². The van der Waals surface area contributed by atoms with Crippen LogP contribution in [-0.4, -0.2) is 46.8 Å². The van der Waals surface area contributed by atoms with Gasteiger partial charge in [0, 0.05) is 25.0 Å². The van der Waals surface area contributed by atoms with Crippen LogP contribution < -0.4 is 5.32 Å². The number of urea groups is 1.